The van der Waals surface area contributed by atoms with Crippen molar-refractivity contribution in [3.63, 3.8) is 0 Å². The Bertz CT molecular complexity index is 934. The number of nitrogens with zero attached hydrogens (tertiary/aromatic N) is 2. The van der Waals surface area contributed by atoms with Crippen molar-refractivity contribution in [1.82, 2.24) is 4.98 Å². The number of carbonyl (C=O) groups is 1. The van der Waals surface area contributed by atoms with Crippen molar-refractivity contribution in [1.29, 1.82) is 5.26 Å². The average Bonchev–Trinajstić information content (AvgIpc) is 2.70. The molecule has 1 heterocycles. The van der Waals surface area contributed by atoms with E-state index in [1.165, 1.54) is 0 Å². The van der Waals surface area contributed by atoms with Gasteiger partial charge in [-0.3, -0.25) is 4.79 Å². The van der Waals surface area contributed by atoms with E-state index in [4.69, 9.17) is 10.00 Å². The first-order chi connectivity index (χ1) is 13.2. The molecule has 6 nitrogen and oxygen atoms in total. The summed E-state index contributed by atoms with van der Waals surface area (Å²) in [5.41, 5.74) is 1.95. The van der Waals surface area contributed by atoms with Crippen LogP contribution in [0.25, 0.3) is 0 Å². The molecule has 0 aliphatic carbocycles. The third-order valence-electron chi connectivity index (χ3n) is 3.65. The Morgan fingerprint density at radius 1 is 1.04 bits per heavy atom. The second-order valence-corrected chi connectivity index (χ2v) is 5.71. The number of ether oxygens (including phenoxy) is 1. The van der Waals surface area contributed by atoms with Crippen LogP contribution in [0.2, 0.25) is 0 Å². The van der Waals surface area contributed by atoms with Crippen molar-refractivity contribution in [3.8, 4) is 11.8 Å². The number of para-hydroxylation sites is 1. The molecule has 0 saturated carbocycles. The predicted molar refractivity (Wildman–Crippen MR) is 104 cm³/mol. The Morgan fingerprint density at radius 2 is 1.89 bits per heavy atom. The van der Waals surface area contributed by atoms with Crippen LogP contribution < -0.4 is 15.4 Å². The summed E-state index contributed by atoms with van der Waals surface area (Å²) in [6.07, 6.45) is 1.82. The first-order valence-corrected chi connectivity index (χ1v) is 8.44. The minimum Gasteiger partial charge on any atom is -0.493 e. The summed E-state index contributed by atoms with van der Waals surface area (Å²) < 4.78 is 5.51. The van der Waals surface area contributed by atoms with Gasteiger partial charge in [0.15, 0.2) is 0 Å². The number of hydrogen-bond acceptors (Lipinski definition) is 5. The fourth-order valence-corrected chi connectivity index (χ4v) is 2.36. The average molecular weight is 358 g/mol. The highest BCUT2D eigenvalue weighted by Gasteiger charge is 2.04. The van der Waals surface area contributed by atoms with Crippen LogP contribution in [0.4, 0.5) is 17.2 Å². The van der Waals surface area contributed by atoms with Gasteiger partial charge in [0.25, 0.3) is 0 Å². The normalized spacial score (nSPS) is 9.89. The first-order valence-electron chi connectivity index (χ1n) is 8.44. The molecule has 134 valence electrons. The van der Waals surface area contributed by atoms with Crippen molar-refractivity contribution in [2.45, 2.75) is 6.42 Å². The number of rotatable bonds is 7. The van der Waals surface area contributed by atoms with E-state index in [1.807, 2.05) is 36.4 Å². The van der Waals surface area contributed by atoms with E-state index >= 15 is 0 Å². The summed E-state index contributed by atoms with van der Waals surface area (Å²) >= 11 is 0. The number of aromatic nitrogens is 1. The van der Waals surface area contributed by atoms with Crippen molar-refractivity contribution >= 4 is 23.1 Å². The molecule has 27 heavy (non-hydrogen) atoms. The SMILES string of the molecule is N#Cc1cccc(Nc2ccc(NC(=O)CCOc3ccccc3)cn2)c1. The minimum atomic E-state index is -0.143. The fraction of sp³-hybridized carbons (Fsp3) is 0.0952. The molecular weight excluding hydrogens is 340 g/mol. The second-order valence-electron chi connectivity index (χ2n) is 5.71. The Hall–Kier alpha value is -3.85. The summed E-state index contributed by atoms with van der Waals surface area (Å²) in [6.45, 7) is 0.304. The number of hydrogen-bond donors (Lipinski definition) is 2. The summed E-state index contributed by atoms with van der Waals surface area (Å²) in [5.74, 6) is 1.22. The van der Waals surface area contributed by atoms with Gasteiger partial charge in [-0.15, -0.1) is 0 Å². The Balaban J connectivity index is 1.48. The van der Waals surface area contributed by atoms with Crippen LogP contribution in [0, 0.1) is 11.3 Å². The first kappa shape index (κ1) is 18.0. The molecule has 0 atom stereocenters. The molecule has 0 fully saturated rings. The molecule has 1 aromatic heterocycles. The maximum absolute atomic E-state index is 12.0. The van der Waals surface area contributed by atoms with Gasteiger partial charge in [-0.25, -0.2) is 4.98 Å². The Labute approximate surface area is 157 Å². The molecule has 2 aromatic carbocycles. The molecule has 3 rings (SSSR count). The molecule has 3 aromatic rings. The third kappa shape index (κ3) is 5.58. The van der Waals surface area contributed by atoms with Crippen molar-refractivity contribution in [2.75, 3.05) is 17.2 Å². The van der Waals surface area contributed by atoms with Gasteiger partial charge in [0, 0.05) is 5.69 Å². The maximum atomic E-state index is 12.0. The van der Waals surface area contributed by atoms with Gasteiger partial charge in [0.05, 0.1) is 36.5 Å². The summed E-state index contributed by atoms with van der Waals surface area (Å²) in [7, 11) is 0. The van der Waals surface area contributed by atoms with E-state index in [9.17, 15) is 4.79 Å². The molecule has 6 heteroatoms. The van der Waals surface area contributed by atoms with E-state index in [1.54, 1.807) is 36.5 Å². The maximum Gasteiger partial charge on any atom is 0.227 e. The zero-order valence-corrected chi connectivity index (χ0v) is 14.6. The highest BCUT2D eigenvalue weighted by atomic mass is 16.5. The van der Waals surface area contributed by atoms with E-state index in [2.05, 4.69) is 21.7 Å². The van der Waals surface area contributed by atoms with Crippen molar-refractivity contribution in [3.05, 3.63) is 78.5 Å². The smallest absolute Gasteiger partial charge is 0.227 e. The lowest BCUT2D eigenvalue weighted by molar-refractivity contribution is -0.116. The molecule has 2 N–H and O–H groups in total. The molecule has 0 unspecified atom stereocenters. The molecule has 1 amide bonds. The second kappa shape index (κ2) is 9.02. The lowest BCUT2D eigenvalue weighted by Gasteiger charge is -2.09. The number of nitrogens with one attached hydrogen (secondary N) is 2. The molecule has 0 aliphatic heterocycles. The van der Waals surface area contributed by atoms with Crippen LogP contribution in [-0.2, 0) is 4.79 Å². The van der Waals surface area contributed by atoms with Gasteiger partial charge in [-0.05, 0) is 42.5 Å². The summed E-state index contributed by atoms with van der Waals surface area (Å²) in [6, 6.07) is 22.1. The van der Waals surface area contributed by atoms with E-state index in [-0.39, 0.29) is 12.3 Å². The van der Waals surface area contributed by atoms with Gasteiger partial charge >= 0.3 is 0 Å². The predicted octanol–water partition coefficient (Wildman–Crippen LogP) is 4.10. The molecule has 0 radical (unpaired) electrons. The zero-order chi connectivity index (χ0) is 18.9. The van der Waals surface area contributed by atoms with Crippen LogP contribution in [0.3, 0.4) is 0 Å². The summed E-state index contributed by atoms with van der Waals surface area (Å²) in [4.78, 5) is 16.3. The van der Waals surface area contributed by atoms with Gasteiger partial charge in [-0.1, -0.05) is 24.3 Å². The van der Waals surface area contributed by atoms with E-state index in [0.29, 0.717) is 23.7 Å². The Morgan fingerprint density at radius 3 is 2.63 bits per heavy atom. The van der Waals surface area contributed by atoms with E-state index < -0.39 is 0 Å². The lowest BCUT2D eigenvalue weighted by Crippen LogP contribution is -2.15. The van der Waals surface area contributed by atoms with Crippen LogP contribution in [0.1, 0.15) is 12.0 Å². The highest BCUT2D eigenvalue weighted by molar-refractivity contribution is 5.90. The zero-order valence-electron chi connectivity index (χ0n) is 14.6. The number of nitriles is 1. The summed E-state index contributed by atoms with van der Waals surface area (Å²) in [5, 5.41) is 14.8. The number of carbonyl (C=O) groups excluding carboxylic acids is 1. The van der Waals surface area contributed by atoms with Crippen LogP contribution in [0.15, 0.2) is 72.9 Å². The number of benzene rings is 2. The van der Waals surface area contributed by atoms with Crippen LogP contribution in [-0.4, -0.2) is 17.5 Å². The van der Waals surface area contributed by atoms with Crippen molar-refractivity contribution in [2.24, 2.45) is 0 Å². The lowest BCUT2D eigenvalue weighted by atomic mass is 10.2. The minimum absolute atomic E-state index is 0.143. The Kier molecular flexibility index (Phi) is 6.00. The molecule has 0 bridgehead atoms. The largest absolute Gasteiger partial charge is 0.493 e. The van der Waals surface area contributed by atoms with Crippen LogP contribution >= 0.6 is 0 Å². The molecule has 0 saturated heterocycles. The topological polar surface area (TPSA) is 87.0 Å². The monoisotopic (exact) mass is 358 g/mol. The number of pyridine rings is 1. The van der Waals surface area contributed by atoms with Crippen molar-refractivity contribution < 1.29 is 9.53 Å². The molecule has 0 aliphatic rings. The third-order valence-corrected chi connectivity index (χ3v) is 3.65. The fourth-order valence-electron chi connectivity index (χ4n) is 2.36. The molecule has 0 spiro atoms. The van der Waals surface area contributed by atoms with Crippen LogP contribution in [0.5, 0.6) is 5.75 Å². The van der Waals surface area contributed by atoms with Gasteiger partial charge < -0.3 is 15.4 Å². The van der Waals surface area contributed by atoms with Gasteiger partial charge in [0.2, 0.25) is 5.91 Å². The number of anilines is 3. The molecular formula is C21H18N4O2. The van der Waals surface area contributed by atoms with Gasteiger partial charge in [-0.2, -0.15) is 5.26 Å². The van der Waals surface area contributed by atoms with E-state index in [0.717, 1.165) is 11.4 Å². The highest BCUT2D eigenvalue weighted by Crippen LogP contribution is 2.17. The van der Waals surface area contributed by atoms with Gasteiger partial charge in [0.1, 0.15) is 11.6 Å². The number of amides is 1. The quantitative estimate of drug-likeness (QED) is 0.664. The standard InChI is InChI=1S/C21H18N4O2/c22-14-16-5-4-6-17(13-16)24-20-10-9-18(15-23-20)25-21(26)11-12-27-19-7-2-1-3-8-19/h1-10,13,15H,11-12H2,(H,23,24)(H,25,26).